The van der Waals surface area contributed by atoms with Gasteiger partial charge < -0.3 is 5.73 Å². The third-order valence-electron chi connectivity index (χ3n) is 3.90. The van der Waals surface area contributed by atoms with Gasteiger partial charge in [0.25, 0.3) is 0 Å². The van der Waals surface area contributed by atoms with E-state index in [4.69, 9.17) is 5.73 Å². The molecule has 0 saturated heterocycles. The lowest BCUT2D eigenvalue weighted by atomic mass is 9.93. The molecule has 0 heterocycles. The Balaban J connectivity index is 2.55. The SMILES string of the molecule is CCC(CN)S(=O)(=O)NCC1(C(C)C)CC1. The van der Waals surface area contributed by atoms with Crippen molar-refractivity contribution in [3.8, 4) is 0 Å². The Bertz CT molecular complexity index is 317. The number of hydrogen-bond acceptors (Lipinski definition) is 3. The Hall–Kier alpha value is -0.130. The van der Waals surface area contributed by atoms with Gasteiger partial charge >= 0.3 is 0 Å². The minimum Gasteiger partial charge on any atom is -0.329 e. The van der Waals surface area contributed by atoms with Gasteiger partial charge in [-0.1, -0.05) is 20.8 Å². The molecule has 0 aromatic carbocycles. The van der Waals surface area contributed by atoms with Gasteiger partial charge in [-0.05, 0) is 30.6 Å². The summed E-state index contributed by atoms with van der Waals surface area (Å²) in [4.78, 5) is 0. The molecule has 4 nitrogen and oxygen atoms in total. The zero-order valence-corrected chi connectivity index (χ0v) is 11.3. The van der Waals surface area contributed by atoms with Gasteiger partial charge in [0.2, 0.25) is 10.0 Å². The van der Waals surface area contributed by atoms with E-state index < -0.39 is 15.3 Å². The first kappa shape index (κ1) is 13.9. The lowest BCUT2D eigenvalue weighted by Gasteiger charge is -2.22. The van der Waals surface area contributed by atoms with Gasteiger partial charge in [0.1, 0.15) is 0 Å². The van der Waals surface area contributed by atoms with Crippen LogP contribution in [-0.4, -0.2) is 26.8 Å². The summed E-state index contributed by atoms with van der Waals surface area (Å²) < 4.78 is 26.5. The van der Waals surface area contributed by atoms with Crippen LogP contribution in [0.3, 0.4) is 0 Å². The highest BCUT2D eigenvalue weighted by atomic mass is 32.2. The van der Waals surface area contributed by atoms with Crippen LogP contribution in [0, 0.1) is 11.3 Å². The van der Waals surface area contributed by atoms with Crippen molar-refractivity contribution in [3.05, 3.63) is 0 Å². The van der Waals surface area contributed by atoms with Gasteiger partial charge in [0.05, 0.1) is 5.25 Å². The molecule has 1 saturated carbocycles. The minimum atomic E-state index is -3.22. The molecule has 0 radical (unpaired) electrons. The zero-order chi connectivity index (χ0) is 12.4. The standard InChI is InChI=1S/C11H24N2O2S/c1-4-10(7-12)16(14,15)13-8-11(5-6-11)9(2)3/h9-10,13H,4-8,12H2,1-3H3. The van der Waals surface area contributed by atoms with Crippen LogP contribution in [0.5, 0.6) is 0 Å². The summed E-state index contributed by atoms with van der Waals surface area (Å²) in [5.41, 5.74) is 5.67. The van der Waals surface area contributed by atoms with Crippen molar-refractivity contribution >= 4 is 10.0 Å². The van der Waals surface area contributed by atoms with Crippen molar-refractivity contribution in [2.45, 2.75) is 45.3 Å². The first-order valence-corrected chi connectivity index (χ1v) is 7.61. The maximum absolute atomic E-state index is 11.9. The lowest BCUT2D eigenvalue weighted by molar-refractivity contribution is 0.357. The molecule has 1 rings (SSSR count). The Labute approximate surface area is 99.0 Å². The molecule has 1 unspecified atom stereocenters. The fraction of sp³-hybridized carbons (Fsp3) is 1.00. The van der Waals surface area contributed by atoms with Gasteiger partial charge in [-0.3, -0.25) is 0 Å². The van der Waals surface area contributed by atoms with Crippen molar-refractivity contribution in [2.75, 3.05) is 13.1 Å². The summed E-state index contributed by atoms with van der Waals surface area (Å²) in [5.74, 6) is 0.535. The Morgan fingerprint density at radius 2 is 1.94 bits per heavy atom. The highest BCUT2D eigenvalue weighted by Gasteiger charge is 2.45. The normalized spacial score (nSPS) is 21.1. The number of hydrogen-bond donors (Lipinski definition) is 2. The monoisotopic (exact) mass is 248 g/mol. The molecule has 5 heteroatoms. The van der Waals surface area contributed by atoms with E-state index in [0.29, 0.717) is 18.9 Å². The molecule has 0 aromatic rings. The van der Waals surface area contributed by atoms with Crippen LogP contribution in [0.1, 0.15) is 40.0 Å². The molecule has 1 atom stereocenters. The van der Waals surface area contributed by atoms with Gasteiger partial charge in [0.15, 0.2) is 0 Å². The highest BCUT2D eigenvalue weighted by molar-refractivity contribution is 7.90. The number of nitrogens with one attached hydrogen (secondary N) is 1. The zero-order valence-electron chi connectivity index (χ0n) is 10.5. The van der Waals surface area contributed by atoms with Crippen LogP contribution in [0.2, 0.25) is 0 Å². The first-order chi connectivity index (χ1) is 7.38. The molecule has 1 aliphatic carbocycles. The van der Waals surface area contributed by atoms with Crippen molar-refractivity contribution in [2.24, 2.45) is 17.1 Å². The highest BCUT2D eigenvalue weighted by Crippen LogP contribution is 2.51. The summed E-state index contributed by atoms with van der Waals surface area (Å²) in [7, 11) is -3.22. The fourth-order valence-electron chi connectivity index (χ4n) is 1.99. The van der Waals surface area contributed by atoms with Crippen LogP contribution >= 0.6 is 0 Å². The Morgan fingerprint density at radius 3 is 2.25 bits per heavy atom. The summed E-state index contributed by atoms with van der Waals surface area (Å²) in [6.45, 7) is 6.93. The molecule has 0 bridgehead atoms. The molecular weight excluding hydrogens is 224 g/mol. The van der Waals surface area contributed by atoms with E-state index in [-0.39, 0.29) is 12.0 Å². The maximum Gasteiger partial charge on any atom is 0.215 e. The number of sulfonamides is 1. The summed E-state index contributed by atoms with van der Waals surface area (Å²) in [5, 5.41) is -0.449. The second kappa shape index (κ2) is 5.02. The molecule has 0 aliphatic heterocycles. The van der Waals surface area contributed by atoms with Crippen LogP contribution in [-0.2, 0) is 10.0 Å². The molecule has 96 valence electrons. The second-order valence-electron chi connectivity index (χ2n) is 5.15. The molecule has 0 spiro atoms. The van der Waals surface area contributed by atoms with Crippen molar-refractivity contribution in [1.82, 2.24) is 4.72 Å². The topological polar surface area (TPSA) is 72.2 Å². The molecule has 0 aromatic heterocycles. The van der Waals surface area contributed by atoms with E-state index in [1.54, 1.807) is 0 Å². The van der Waals surface area contributed by atoms with E-state index in [9.17, 15) is 8.42 Å². The molecule has 1 fully saturated rings. The largest absolute Gasteiger partial charge is 0.329 e. The van der Waals surface area contributed by atoms with Gasteiger partial charge in [0, 0.05) is 13.1 Å². The molecule has 3 N–H and O–H groups in total. The number of rotatable bonds is 7. The van der Waals surface area contributed by atoms with Crippen LogP contribution in [0.4, 0.5) is 0 Å². The molecule has 0 amide bonds. The smallest absolute Gasteiger partial charge is 0.215 e. The predicted octanol–water partition coefficient (Wildman–Crippen LogP) is 1.08. The summed E-state index contributed by atoms with van der Waals surface area (Å²) in [6.07, 6.45) is 2.83. The third kappa shape index (κ3) is 2.96. The average Bonchev–Trinajstić information content (AvgIpc) is 2.97. The quantitative estimate of drug-likeness (QED) is 0.708. The number of nitrogens with two attached hydrogens (primary N) is 1. The predicted molar refractivity (Wildman–Crippen MR) is 66.6 cm³/mol. The lowest BCUT2D eigenvalue weighted by Crippen LogP contribution is -2.41. The third-order valence-corrected chi connectivity index (χ3v) is 5.85. The molecule has 1 aliphatic rings. The summed E-state index contributed by atoms with van der Waals surface area (Å²) in [6, 6.07) is 0. The van der Waals surface area contributed by atoms with E-state index in [1.807, 2.05) is 6.92 Å². The van der Waals surface area contributed by atoms with E-state index in [1.165, 1.54) is 0 Å². The van der Waals surface area contributed by atoms with E-state index in [2.05, 4.69) is 18.6 Å². The molecule has 16 heavy (non-hydrogen) atoms. The minimum absolute atomic E-state index is 0.195. The van der Waals surface area contributed by atoms with Gasteiger partial charge in [-0.15, -0.1) is 0 Å². The second-order valence-corrected chi connectivity index (χ2v) is 7.19. The Kier molecular flexibility index (Phi) is 4.37. The molecular formula is C11H24N2O2S. The van der Waals surface area contributed by atoms with E-state index >= 15 is 0 Å². The summed E-state index contributed by atoms with van der Waals surface area (Å²) >= 11 is 0. The fourth-order valence-corrected chi connectivity index (χ4v) is 3.41. The van der Waals surface area contributed by atoms with Crippen molar-refractivity contribution < 1.29 is 8.42 Å². The van der Waals surface area contributed by atoms with Crippen LogP contribution in [0.15, 0.2) is 0 Å². The van der Waals surface area contributed by atoms with Crippen LogP contribution < -0.4 is 10.5 Å². The maximum atomic E-state index is 11.9. The average molecular weight is 248 g/mol. The van der Waals surface area contributed by atoms with Crippen molar-refractivity contribution in [1.29, 1.82) is 0 Å². The van der Waals surface area contributed by atoms with Gasteiger partial charge in [-0.25, -0.2) is 13.1 Å². The Morgan fingerprint density at radius 1 is 1.38 bits per heavy atom. The van der Waals surface area contributed by atoms with E-state index in [0.717, 1.165) is 12.8 Å². The van der Waals surface area contributed by atoms with Crippen molar-refractivity contribution in [3.63, 3.8) is 0 Å². The first-order valence-electron chi connectivity index (χ1n) is 6.06. The van der Waals surface area contributed by atoms with Gasteiger partial charge in [-0.2, -0.15) is 0 Å². The van der Waals surface area contributed by atoms with Crippen LogP contribution in [0.25, 0.3) is 0 Å².